The van der Waals surface area contributed by atoms with Gasteiger partial charge in [0.15, 0.2) is 0 Å². The quantitative estimate of drug-likeness (QED) is 0.582. The van der Waals surface area contributed by atoms with Crippen molar-refractivity contribution in [2.45, 2.75) is 13.3 Å². The van der Waals surface area contributed by atoms with Gasteiger partial charge in [-0.05, 0) is 48.7 Å². The van der Waals surface area contributed by atoms with Gasteiger partial charge in [-0.15, -0.1) is 0 Å². The molecule has 5 nitrogen and oxygen atoms in total. The first kappa shape index (κ1) is 17.4. The first-order valence-corrected chi connectivity index (χ1v) is 8.89. The van der Waals surface area contributed by atoms with Crippen LogP contribution in [0.2, 0.25) is 0 Å². The average Bonchev–Trinajstić information content (AvgIpc) is 3.06. The second-order valence-electron chi connectivity index (χ2n) is 6.53. The first-order valence-electron chi connectivity index (χ1n) is 8.89. The number of aromatic nitrogens is 2. The van der Waals surface area contributed by atoms with Crippen LogP contribution in [0.15, 0.2) is 48.8 Å². The van der Waals surface area contributed by atoms with Crippen molar-refractivity contribution in [2.75, 3.05) is 20.8 Å². The molecule has 0 atom stereocenters. The number of para-hydroxylation sites is 1. The molecule has 2 aromatic carbocycles. The Kier molecular flexibility index (Phi) is 4.46. The van der Waals surface area contributed by atoms with Crippen molar-refractivity contribution in [3.8, 4) is 17.2 Å². The normalized spacial score (nSPS) is 11.3. The maximum absolute atomic E-state index is 9.51. The number of pyridine rings is 1. The number of aliphatic hydroxyl groups is 1. The molecular formula is C22H22N2O3. The third kappa shape index (κ3) is 2.80. The highest BCUT2D eigenvalue weighted by molar-refractivity contribution is 6.07. The zero-order valence-corrected chi connectivity index (χ0v) is 15.7. The van der Waals surface area contributed by atoms with E-state index in [2.05, 4.69) is 34.8 Å². The van der Waals surface area contributed by atoms with Gasteiger partial charge < -0.3 is 19.1 Å². The van der Waals surface area contributed by atoms with Crippen LogP contribution in [-0.4, -0.2) is 35.5 Å². The molecule has 0 amide bonds. The molecule has 0 saturated carbocycles. The van der Waals surface area contributed by atoms with Crippen LogP contribution in [0.1, 0.15) is 11.1 Å². The number of benzene rings is 2. The fourth-order valence-corrected chi connectivity index (χ4v) is 3.67. The van der Waals surface area contributed by atoms with E-state index in [0.29, 0.717) is 6.42 Å². The topological polar surface area (TPSA) is 56.5 Å². The first-order chi connectivity index (χ1) is 13.2. The average molecular weight is 362 g/mol. The van der Waals surface area contributed by atoms with Crippen LogP contribution in [0.3, 0.4) is 0 Å². The Morgan fingerprint density at radius 3 is 2.63 bits per heavy atom. The van der Waals surface area contributed by atoms with Crippen molar-refractivity contribution >= 4 is 21.8 Å². The largest absolute Gasteiger partial charge is 0.497 e. The van der Waals surface area contributed by atoms with Gasteiger partial charge in [-0.1, -0.05) is 12.1 Å². The highest BCUT2D eigenvalue weighted by Crippen LogP contribution is 2.35. The van der Waals surface area contributed by atoms with Gasteiger partial charge in [0, 0.05) is 35.5 Å². The minimum Gasteiger partial charge on any atom is -0.497 e. The van der Waals surface area contributed by atoms with Crippen LogP contribution in [0, 0.1) is 6.92 Å². The summed E-state index contributed by atoms with van der Waals surface area (Å²) >= 11 is 0. The molecular weight excluding hydrogens is 340 g/mol. The molecule has 2 heterocycles. The number of ether oxygens (including phenoxy) is 2. The van der Waals surface area contributed by atoms with E-state index in [1.807, 2.05) is 30.5 Å². The van der Waals surface area contributed by atoms with E-state index in [4.69, 9.17) is 9.47 Å². The van der Waals surface area contributed by atoms with Gasteiger partial charge in [-0.25, -0.2) is 0 Å². The summed E-state index contributed by atoms with van der Waals surface area (Å²) in [5.74, 6) is 1.58. The maximum Gasteiger partial charge on any atom is 0.145 e. The van der Waals surface area contributed by atoms with Crippen molar-refractivity contribution in [2.24, 2.45) is 0 Å². The van der Waals surface area contributed by atoms with Gasteiger partial charge in [0.05, 0.1) is 19.7 Å². The fraction of sp³-hybridized carbons (Fsp3) is 0.227. The number of hydrogen-bond acceptors (Lipinski definition) is 4. The third-order valence-corrected chi connectivity index (χ3v) is 4.97. The number of aryl methyl sites for hydroxylation is 1. The number of rotatable bonds is 5. The number of methoxy groups -OCH3 is 2. The van der Waals surface area contributed by atoms with Crippen LogP contribution >= 0.6 is 0 Å². The molecule has 0 bridgehead atoms. The molecule has 4 aromatic rings. The molecule has 0 radical (unpaired) electrons. The summed E-state index contributed by atoms with van der Waals surface area (Å²) in [6.45, 7) is 2.16. The molecule has 0 fully saturated rings. The Labute approximate surface area is 157 Å². The summed E-state index contributed by atoms with van der Waals surface area (Å²) in [5, 5.41) is 11.6. The maximum atomic E-state index is 9.51. The fourth-order valence-electron chi connectivity index (χ4n) is 3.67. The zero-order chi connectivity index (χ0) is 19.0. The molecule has 1 N–H and O–H groups in total. The predicted molar refractivity (Wildman–Crippen MR) is 107 cm³/mol. The number of aliphatic hydroxyl groups excluding tert-OH is 1. The van der Waals surface area contributed by atoms with Crippen LogP contribution < -0.4 is 9.47 Å². The van der Waals surface area contributed by atoms with E-state index in [-0.39, 0.29) is 6.61 Å². The third-order valence-electron chi connectivity index (χ3n) is 4.97. The molecule has 0 aliphatic carbocycles. The summed E-state index contributed by atoms with van der Waals surface area (Å²) in [4.78, 5) is 4.64. The number of hydrogen-bond donors (Lipinski definition) is 1. The van der Waals surface area contributed by atoms with Crippen LogP contribution in [0.25, 0.3) is 27.5 Å². The molecule has 27 heavy (non-hydrogen) atoms. The second-order valence-corrected chi connectivity index (χ2v) is 6.53. The molecule has 5 heteroatoms. The van der Waals surface area contributed by atoms with Crippen molar-refractivity contribution in [1.29, 1.82) is 0 Å². The summed E-state index contributed by atoms with van der Waals surface area (Å²) < 4.78 is 13.0. The van der Waals surface area contributed by atoms with Gasteiger partial charge in [0.2, 0.25) is 0 Å². The summed E-state index contributed by atoms with van der Waals surface area (Å²) in [6.07, 6.45) is 4.55. The van der Waals surface area contributed by atoms with Crippen molar-refractivity contribution in [1.82, 2.24) is 9.55 Å². The standard InChI is InChI=1S/C22H22N2O3/c1-14-11-16(26-2)7-8-19(14)24-13-15(9-10-25)18-12-23-21-17(22(18)24)5-4-6-20(21)27-3/h4-8,11-13,25H,9-10H2,1-3H3. The van der Waals surface area contributed by atoms with Crippen LogP contribution in [0.5, 0.6) is 11.5 Å². The Hall–Kier alpha value is -3.05. The van der Waals surface area contributed by atoms with Crippen molar-refractivity contribution in [3.63, 3.8) is 0 Å². The molecule has 138 valence electrons. The lowest BCUT2D eigenvalue weighted by molar-refractivity contribution is 0.300. The van der Waals surface area contributed by atoms with E-state index >= 15 is 0 Å². The molecule has 0 aliphatic heterocycles. The van der Waals surface area contributed by atoms with Crippen LogP contribution in [-0.2, 0) is 6.42 Å². The monoisotopic (exact) mass is 362 g/mol. The van der Waals surface area contributed by atoms with E-state index in [1.54, 1.807) is 14.2 Å². The minimum atomic E-state index is 0.0941. The minimum absolute atomic E-state index is 0.0941. The molecule has 0 aliphatic rings. The van der Waals surface area contributed by atoms with E-state index in [1.165, 1.54) is 0 Å². The van der Waals surface area contributed by atoms with Gasteiger partial charge in [-0.3, -0.25) is 4.98 Å². The second kappa shape index (κ2) is 6.93. The number of fused-ring (bicyclic) bond motifs is 3. The molecule has 2 aromatic heterocycles. The highest BCUT2D eigenvalue weighted by atomic mass is 16.5. The van der Waals surface area contributed by atoms with E-state index < -0.39 is 0 Å². The van der Waals surface area contributed by atoms with E-state index in [9.17, 15) is 5.11 Å². The van der Waals surface area contributed by atoms with Crippen molar-refractivity contribution < 1.29 is 14.6 Å². The lowest BCUT2D eigenvalue weighted by atomic mass is 10.1. The van der Waals surface area contributed by atoms with Gasteiger partial charge >= 0.3 is 0 Å². The van der Waals surface area contributed by atoms with Gasteiger partial charge in [0.1, 0.15) is 17.0 Å². The lowest BCUT2D eigenvalue weighted by Gasteiger charge is -2.13. The zero-order valence-electron chi connectivity index (χ0n) is 15.7. The van der Waals surface area contributed by atoms with Crippen LogP contribution in [0.4, 0.5) is 0 Å². The van der Waals surface area contributed by atoms with E-state index in [0.717, 1.165) is 50.1 Å². The Balaban J connectivity index is 2.09. The summed E-state index contributed by atoms with van der Waals surface area (Å²) in [6, 6.07) is 12.0. The lowest BCUT2D eigenvalue weighted by Crippen LogP contribution is -1.97. The predicted octanol–water partition coefficient (Wildman–Crippen LogP) is 4.04. The van der Waals surface area contributed by atoms with Gasteiger partial charge in [0.25, 0.3) is 0 Å². The molecule has 0 saturated heterocycles. The molecule has 0 spiro atoms. The number of nitrogens with zero attached hydrogens (tertiary/aromatic N) is 2. The highest BCUT2D eigenvalue weighted by Gasteiger charge is 2.16. The molecule has 0 unspecified atom stereocenters. The Bertz CT molecular complexity index is 1130. The van der Waals surface area contributed by atoms with Gasteiger partial charge in [-0.2, -0.15) is 0 Å². The smallest absolute Gasteiger partial charge is 0.145 e. The Morgan fingerprint density at radius 1 is 1.07 bits per heavy atom. The molecule has 4 rings (SSSR count). The Morgan fingerprint density at radius 2 is 1.93 bits per heavy atom. The SMILES string of the molecule is COc1ccc(-n2cc(CCO)c3cnc4c(OC)cccc4c32)c(C)c1. The summed E-state index contributed by atoms with van der Waals surface area (Å²) in [5.41, 5.74) is 5.14. The van der Waals surface area contributed by atoms with Crippen molar-refractivity contribution in [3.05, 3.63) is 59.9 Å². The summed E-state index contributed by atoms with van der Waals surface area (Å²) in [7, 11) is 3.33.